The minimum atomic E-state index is -0.236. The van der Waals surface area contributed by atoms with Gasteiger partial charge in [0.1, 0.15) is 5.82 Å². The molecule has 0 spiro atoms. The Morgan fingerprint density at radius 3 is 2.62 bits per heavy atom. The number of carbonyl (C=O) groups is 1. The number of alkyl halides is 1. The van der Waals surface area contributed by atoms with Crippen molar-refractivity contribution in [3.05, 3.63) is 35.6 Å². The zero-order chi connectivity index (χ0) is 12.0. The molecule has 0 saturated heterocycles. The van der Waals surface area contributed by atoms with Crippen LogP contribution >= 0.6 is 15.9 Å². The molecule has 1 N–H and O–H groups in total. The molecule has 1 aromatic carbocycles. The molecule has 0 heterocycles. The lowest BCUT2D eigenvalue weighted by Crippen LogP contribution is -2.34. The van der Waals surface area contributed by atoms with Gasteiger partial charge in [0.25, 0.3) is 0 Å². The van der Waals surface area contributed by atoms with Gasteiger partial charge < -0.3 is 5.32 Å². The molecule has 0 fully saturated rings. The zero-order valence-corrected chi connectivity index (χ0v) is 10.8. The third-order valence-corrected chi connectivity index (χ3v) is 2.58. The molecular weight excluding hydrogens is 273 g/mol. The number of hydrogen-bond donors (Lipinski definition) is 1. The molecule has 1 rings (SSSR count). The van der Waals surface area contributed by atoms with Crippen LogP contribution in [-0.2, 0) is 11.2 Å². The minimum Gasteiger partial charge on any atom is -0.353 e. The molecular formula is C12H15BrFNO. The first-order chi connectivity index (χ1) is 7.61. The molecule has 0 aliphatic carbocycles. The number of halogens is 2. The maximum Gasteiger partial charge on any atom is 0.221 e. The van der Waals surface area contributed by atoms with E-state index in [0.717, 1.165) is 5.56 Å². The van der Waals surface area contributed by atoms with E-state index >= 15 is 0 Å². The van der Waals surface area contributed by atoms with Crippen molar-refractivity contribution in [3.63, 3.8) is 0 Å². The lowest BCUT2D eigenvalue weighted by Gasteiger charge is -2.13. The third-order valence-electron chi connectivity index (χ3n) is 2.18. The van der Waals surface area contributed by atoms with Gasteiger partial charge in [0, 0.05) is 17.8 Å². The topological polar surface area (TPSA) is 29.1 Å². The molecule has 0 radical (unpaired) electrons. The standard InChI is InChI=1S/C12H15BrFNO/c1-9(15-12(16)6-7-13)8-10-2-4-11(14)5-3-10/h2-5,9H,6-8H2,1H3,(H,15,16). The predicted molar refractivity (Wildman–Crippen MR) is 66.1 cm³/mol. The number of nitrogens with one attached hydrogen (secondary N) is 1. The van der Waals surface area contributed by atoms with Crippen LogP contribution in [0.5, 0.6) is 0 Å². The molecule has 0 aromatic heterocycles. The second kappa shape index (κ2) is 6.63. The Kier molecular flexibility index (Phi) is 5.46. The van der Waals surface area contributed by atoms with Crippen molar-refractivity contribution in [1.82, 2.24) is 5.32 Å². The molecule has 1 atom stereocenters. The average Bonchev–Trinajstić information content (AvgIpc) is 2.21. The highest BCUT2D eigenvalue weighted by atomic mass is 79.9. The first kappa shape index (κ1) is 13.2. The summed E-state index contributed by atoms with van der Waals surface area (Å²) in [4.78, 5) is 11.3. The van der Waals surface area contributed by atoms with Crippen LogP contribution in [0.4, 0.5) is 4.39 Å². The summed E-state index contributed by atoms with van der Waals surface area (Å²) in [5.41, 5.74) is 1.02. The van der Waals surface area contributed by atoms with Gasteiger partial charge in [-0.3, -0.25) is 4.79 Å². The lowest BCUT2D eigenvalue weighted by atomic mass is 10.1. The summed E-state index contributed by atoms with van der Waals surface area (Å²) >= 11 is 3.21. The predicted octanol–water partition coefficient (Wildman–Crippen LogP) is 2.66. The maximum atomic E-state index is 12.7. The summed E-state index contributed by atoms with van der Waals surface area (Å²) in [6.45, 7) is 1.94. The monoisotopic (exact) mass is 287 g/mol. The van der Waals surface area contributed by atoms with E-state index in [4.69, 9.17) is 0 Å². The van der Waals surface area contributed by atoms with E-state index in [0.29, 0.717) is 18.2 Å². The first-order valence-electron chi connectivity index (χ1n) is 5.21. The summed E-state index contributed by atoms with van der Waals surface area (Å²) in [5, 5.41) is 3.55. The van der Waals surface area contributed by atoms with Crippen LogP contribution in [-0.4, -0.2) is 17.3 Å². The van der Waals surface area contributed by atoms with Crippen molar-refractivity contribution in [2.24, 2.45) is 0 Å². The molecule has 0 aliphatic rings. The molecule has 0 saturated carbocycles. The summed E-state index contributed by atoms with van der Waals surface area (Å²) < 4.78 is 12.7. The van der Waals surface area contributed by atoms with Crippen LogP contribution in [0.15, 0.2) is 24.3 Å². The first-order valence-corrected chi connectivity index (χ1v) is 6.33. The van der Waals surface area contributed by atoms with E-state index in [9.17, 15) is 9.18 Å². The van der Waals surface area contributed by atoms with Gasteiger partial charge in [-0.25, -0.2) is 4.39 Å². The van der Waals surface area contributed by atoms with E-state index < -0.39 is 0 Å². The van der Waals surface area contributed by atoms with Gasteiger partial charge in [0.2, 0.25) is 5.91 Å². The van der Waals surface area contributed by atoms with Crippen molar-refractivity contribution < 1.29 is 9.18 Å². The van der Waals surface area contributed by atoms with Gasteiger partial charge in [0.05, 0.1) is 0 Å². The minimum absolute atomic E-state index is 0.0338. The summed E-state index contributed by atoms with van der Waals surface area (Å²) in [6, 6.07) is 6.41. The molecule has 16 heavy (non-hydrogen) atoms. The summed E-state index contributed by atoms with van der Waals surface area (Å²) in [7, 11) is 0. The normalized spacial score (nSPS) is 12.2. The summed E-state index contributed by atoms with van der Waals surface area (Å²) in [5.74, 6) is -0.203. The fourth-order valence-electron chi connectivity index (χ4n) is 1.46. The zero-order valence-electron chi connectivity index (χ0n) is 9.17. The molecule has 0 bridgehead atoms. The second-order valence-electron chi connectivity index (χ2n) is 3.74. The van der Waals surface area contributed by atoms with Crippen molar-refractivity contribution >= 4 is 21.8 Å². The number of carbonyl (C=O) groups excluding carboxylic acids is 1. The maximum absolute atomic E-state index is 12.7. The molecule has 1 amide bonds. The van der Waals surface area contributed by atoms with Gasteiger partial charge in [-0.05, 0) is 31.0 Å². The van der Waals surface area contributed by atoms with Crippen molar-refractivity contribution in [3.8, 4) is 0 Å². The Morgan fingerprint density at radius 1 is 1.44 bits per heavy atom. The number of rotatable bonds is 5. The highest BCUT2D eigenvalue weighted by molar-refractivity contribution is 9.09. The third kappa shape index (κ3) is 4.75. The molecule has 88 valence electrons. The molecule has 0 aliphatic heterocycles. The number of benzene rings is 1. The van der Waals surface area contributed by atoms with Crippen LogP contribution in [0.2, 0.25) is 0 Å². The van der Waals surface area contributed by atoms with Crippen molar-refractivity contribution in [2.45, 2.75) is 25.8 Å². The lowest BCUT2D eigenvalue weighted by molar-refractivity contribution is -0.121. The van der Waals surface area contributed by atoms with E-state index in [-0.39, 0.29) is 17.8 Å². The number of hydrogen-bond acceptors (Lipinski definition) is 1. The van der Waals surface area contributed by atoms with E-state index in [1.807, 2.05) is 6.92 Å². The SMILES string of the molecule is CC(Cc1ccc(F)cc1)NC(=O)CCBr. The van der Waals surface area contributed by atoms with E-state index in [1.165, 1.54) is 12.1 Å². The van der Waals surface area contributed by atoms with Gasteiger partial charge in [-0.2, -0.15) is 0 Å². The van der Waals surface area contributed by atoms with Crippen LogP contribution in [0.25, 0.3) is 0 Å². The quantitative estimate of drug-likeness (QED) is 0.829. The Morgan fingerprint density at radius 2 is 2.06 bits per heavy atom. The Balaban J connectivity index is 2.42. The van der Waals surface area contributed by atoms with Gasteiger partial charge in [-0.15, -0.1) is 0 Å². The van der Waals surface area contributed by atoms with Crippen LogP contribution in [0, 0.1) is 5.82 Å². The van der Waals surface area contributed by atoms with E-state index in [2.05, 4.69) is 21.2 Å². The molecule has 4 heteroatoms. The fraction of sp³-hybridized carbons (Fsp3) is 0.417. The van der Waals surface area contributed by atoms with E-state index in [1.54, 1.807) is 12.1 Å². The largest absolute Gasteiger partial charge is 0.353 e. The molecule has 1 unspecified atom stereocenters. The average molecular weight is 288 g/mol. The highest BCUT2D eigenvalue weighted by Crippen LogP contribution is 2.05. The van der Waals surface area contributed by atoms with Gasteiger partial charge >= 0.3 is 0 Å². The van der Waals surface area contributed by atoms with Crippen LogP contribution in [0.1, 0.15) is 18.9 Å². The van der Waals surface area contributed by atoms with Gasteiger partial charge in [0.15, 0.2) is 0 Å². The second-order valence-corrected chi connectivity index (χ2v) is 4.53. The molecule has 1 aromatic rings. The number of amides is 1. The molecule has 2 nitrogen and oxygen atoms in total. The van der Waals surface area contributed by atoms with Crippen molar-refractivity contribution in [2.75, 3.05) is 5.33 Å². The van der Waals surface area contributed by atoms with Crippen molar-refractivity contribution in [1.29, 1.82) is 0 Å². The Hall–Kier alpha value is -0.900. The Bertz CT molecular complexity index is 339. The summed E-state index contributed by atoms with van der Waals surface area (Å²) in [6.07, 6.45) is 1.20. The van der Waals surface area contributed by atoms with Crippen LogP contribution in [0.3, 0.4) is 0 Å². The highest BCUT2D eigenvalue weighted by Gasteiger charge is 2.07. The Labute approximate surface area is 103 Å². The van der Waals surface area contributed by atoms with Gasteiger partial charge in [-0.1, -0.05) is 28.1 Å². The fourth-order valence-corrected chi connectivity index (χ4v) is 1.82. The smallest absolute Gasteiger partial charge is 0.221 e. The van der Waals surface area contributed by atoms with Crippen LogP contribution < -0.4 is 5.32 Å².